The summed E-state index contributed by atoms with van der Waals surface area (Å²) in [5, 5.41) is 0. The van der Waals surface area contributed by atoms with Gasteiger partial charge in [0.15, 0.2) is 11.6 Å². The second kappa shape index (κ2) is 5.77. The van der Waals surface area contributed by atoms with Crippen LogP contribution in [0.1, 0.15) is 30.6 Å². The highest BCUT2D eigenvalue weighted by Crippen LogP contribution is 2.19. The highest BCUT2D eigenvalue weighted by Gasteiger charge is 2.16. The van der Waals surface area contributed by atoms with Gasteiger partial charge in [0.05, 0.1) is 12.2 Å². The van der Waals surface area contributed by atoms with Gasteiger partial charge >= 0.3 is 0 Å². The topological polar surface area (TPSA) is 35.5 Å². The van der Waals surface area contributed by atoms with E-state index in [2.05, 4.69) is 0 Å². The Morgan fingerprint density at radius 3 is 2.65 bits per heavy atom. The van der Waals surface area contributed by atoms with E-state index in [-0.39, 0.29) is 11.4 Å². The fourth-order valence-corrected chi connectivity index (χ4v) is 1.22. The molecule has 0 radical (unpaired) electrons. The van der Waals surface area contributed by atoms with Gasteiger partial charge in [-0.25, -0.2) is 4.39 Å². The molecule has 0 fully saturated rings. The van der Waals surface area contributed by atoms with Crippen LogP contribution in [-0.4, -0.2) is 25.6 Å². The number of benzene rings is 1. The Balaban J connectivity index is 2.55. The van der Waals surface area contributed by atoms with Crippen LogP contribution in [0.2, 0.25) is 0 Å². The minimum absolute atomic E-state index is 0.155. The number of carbonyl (C=O) groups excluding carboxylic acids is 1. The van der Waals surface area contributed by atoms with Crippen LogP contribution in [0.5, 0.6) is 5.75 Å². The van der Waals surface area contributed by atoms with Crippen molar-refractivity contribution in [3.8, 4) is 5.75 Å². The molecule has 0 saturated carbocycles. The zero-order chi connectivity index (χ0) is 12.9. The van der Waals surface area contributed by atoms with E-state index in [9.17, 15) is 9.18 Å². The van der Waals surface area contributed by atoms with Crippen LogP contribution < -0.4 is 4.74 Å². The minimum Gasteiger partial charge on any atom is -0.490 e. The Morgan fingerprint density at radius 2 is 2.12 bits per heavy atom. The van der Waals surface area contributed by atoms with Crippen molar-refractivity contribution in [1.29, 1.82) is 0 Å². The first kappa shape index (κ1) is 13.6. The number of hydrogen-bond acceptors (Lipinski definition) is 3. The number of hydrogen-bond donors (Lipinski definition) is 0. The third kappa shape index (κ3) is 4.15. The molecule has 4 heteroatoms. The molecule has 3 nitrogen and oxygen atoms in total. The van der Waals surface area contributed by atoms with E-state index in [1.165, 1.54) is 12.1 Å². The predicted octanol–water partition coefficient (Wildman–Crippen LogP) is 2.83. The van der Waals surface area contributed by atoms with E-state index >= 15 is 0 Å². The molecule has 94 valence electrons. The Hall–Kier alpha value is -1.42. The second-order valence-electron chi connectivity index (χ2n) is 4.37. The Bertz CT molecular complexity index is 388. The zero-order valence-electron chi connectivity index (χ0n) is 10.3. The van der Waals surface area contributed by atoms with Crippen molar-refractivity contribution in [1.82, 2.24) is 0 Å². The first-order chi connectivity index (χ1) is 7.98. The number of carbonyl (C=O) groups is 1. The van der Waals surface area contributed by atoms with Gasteiger partial charge in [-0.2, -0.15) is 0 Å². The maximum absolute atomic E-state index is 13.4. The maximum Gasteiger partial charge on any atom is 0.165 e. The van der Waals surface area contributed by atoms with Crippen molar-refractivity contribution in [2.75, 3.05) is 13.7 Å². The van der Waals surface area contributed by atoms with Gasteiger partial charge < -0.3 is 9.47 Å². The van der Waals surface area contributed by atoms with Crippen molar-refractivity contribution in [3.63, 3.8) is 0 Å². The molecule has 0 unspecified atom stereocenters. The fraction of sp³-hybridized carbons (Fsp3) is 0.462. The summed E-state index contributed by atoms with van der Waals surface area (Å²) in [7, 11) is 1.62. The molecule has 0 aliphatic carbocycles. The van der Waals surface area contributed by atoms with Gasteiger partial charge in [0.1, 0.15) is 6.29 Å². The zero-order valence-corrected chi connectivity index (χ0v) is 10.3. The van der Waals surface area contributed by atoms with Crippen molar-refractivity contribution in [3.05, 3.63) is 29.6 Å². The third-order valence-electron chi connectivity index (χ3n) is 2.61. The molecule has 0 aliphatic heterocycles. The number of halogens is 1. The number of rotatable bonds is 6. The molecule has 0 N–H and O–H groups in total. The number of ether oxygens (including phenoxy) is 2. The normalized spacial score (nSPS) is 11.3. The first-order valence-electron chi connectivity index (χ1n) is 5.41. The summed E-state index contributed by atoms with van der Waals surface area (Å²) in [4.78, 5) is 10.4. The molecule has 1 rings (SSSR count). The van der Waals surface area contributed by atoms with Crippen LogP contribution in [0.15, 0.2) is 18.2 Å². The van der Waals surface area contributed by atoms with Crippen molar-refractivity contribution < 1.29 is 18.7 Å². The average molecular weight is 240 g/mol. The molecule has 0 spiro atoms. The summed E-state index contributed by atoms with van der Waals surface area (Å²) in [6, 6.07) is 4.13. The van der Waals surface area contributed by atoms with Crippen LogP contribution in [0, 0.1) is 5.82 Å². The highest BCUT2D eigenvalue weighted by atomic mass is 19.1. The lowest BCUT2D eigenvalue weighted by molar-refractivity contribution is 0.00514. The lowest BCUT2D eigenvalue weighted by atomic mass is 10.1. The molecule has 0 heterocycles. The Labute approximate surface area is 101 Å². The first-order valence-corrected chi connectivity index (χ1v) is 5.41. The summed E-state index contributed by atoms with van der Waals surface area (Å²) in [6.07, 6.45) is 1.25. The average Bonchev–Trinajstić information content (AvgIpc) is 2.31. The summed E-state index contributed by atoms with van der Waals surface area (Å²) < 4.78 is 23.9. The predicted molar refractivity (Wildman–Crippen MR) is 63.0 cm³/mol. The SMILES string of the molecule is COC(C)(C)CCOc1ccc(C=O)cc1F. The van der Waals surface area contributed by atoms with E-state index < -0.39 is 5.82 Å². The van der Waals surface area contributed by atoms with E-state index in [4.69, 9.17) is 9.47 Å². The molecule has 0 aromatic heterocycles. The molecule has 0 atom stereocenters. The smallest absolute Gasteiger partial charge is 0.165 e. The monoisotopic (exact) mass is 240 g/mol. The molecular weight excluding hydrogens is 223 g/mol. The van der Waals surface area contributed by atoms with Crippen molar-refractivity contribution in [2.24, 2.45) is 0 Å². The molecule has 17 heavy (non-hydrogen) atoms. The summed E-state index contributed by atoms with van der Waals surface area (Å²) in [5.74, 6) is -0.368. The van der Waals surface area contributed by atoms with Gasteiger partial charge in [-0.3, -0.25) is 4.79 Å². The standard InChI is InChI=1S/C13H17FO3/c1-13(2,16-3)6-7-17-12-5-4-10(9-15)8-11(12)14/h4-5,8-9H,6-7H2,1-3H3. The van der Waals surface area contributed by atoms with Crippen molar-refractivity contribution >= 4 is 6.29 Å². The van der Waals surface area contributed by atoms with Gasteiger partial charge in [-0.15, -0.1) is 0 Å². The fourth-order valence-electron chi connectivity index (χ4n) is 1.22. The van der Waals surface area contributed by atoms with Gasteiger partial charge in [0.25, 0.3) is 0 Å². The molecule has 1 aromatic carbocycles. The molecule has 1 aromatic rings. The summed E-state index contributed by atoms with van der Waals surface area (Å²) in [6.45, 7) is 4.22. The lowest BCUT2D eigenvalue weighted by Gasteiger charge is -2.22. The second-order valence-corrected chi connectivity index (χ2v) is 4.37. The van der Waals surface area contributed by atoms with E-state index in [0.29, 0.717) is 24.9 Å². The number of aldehydes is 1. The van der Waals surface area contributed by atoms with Crippen LogP contribution in [0.25, 0.3) is 0 Å². The quantitative estimate of drug-likeness (QED) is 0.717. The minimum atomic E-state index is -0.523. The Kier molecular flexibility index (Phi) is 4.63. The highest BCUT2D eigenvalue weighted by molar-refractivity contribution is 5.74. The maximum atomic E-state index is 13.4. The molecule has 0 aliphatic rings. The summed E-state index contributed by atoms with van der Waals surface area (Å²) in [5.41, 5.74) is 0.00577. The van der Waals surface area contributed by atoms with Crippen LogP contribution >= 0.6 is 0 Å². The van der Waals surface area contributed by atoms with Gasteiger partial charge in [0, 0.05) is 19.1 Å². The third-order valence-corrected chi connectivity index (χ3v) is 2.61. The van der Waals surface area contributed by atoms with E-state index in [1.807, 2.05) is 13.8 Å². The lowest BCUT2D eigenvalue weighted by Crippen LogP contribution is -2.25. The van der Waals surface area contributed by atoms with Crippen LogP contribution in [0.3, 0.4) is 0 Å². The molecule has 0 bridgehead atoms. The Morgan fingerprint density at radius 1 is 1.41 bits per heavy atom. The molecule has 0 amide bonds. The van der Waals surface area contributed by atoms with Crippen LogP contribution in [-0.2, 0) is 4.74 Å². The largest absolute Gasteiger partial charge is 0.490 e. The molecule has 0 saturated heterocycles. The summed E-state index contributed by atoms with van der Waals surface area (Å²) >= 11 is 0. The van der Waals surface area contributed by atoms with E-state index in [1.54, 1.807) is 7.11 Å². The van der Waals surface area contributed by atoms with Gasteiger partial charge in [-0.1, -0.05) is 0 Å². The molecular formula is C13H17FO3. The van der Waals surface area contributed by atoms with Gasteiger partial charge in [-0.05, 0) is 32.0 Å². The van der Waals surface area contributed by atoms with E-state index in [0.717, 1.165) is 6.07 Å². The van der Waals surface area contributed by atoms with Crippen molar-refractivity contribution in [2.45, 2.75) is 25.9 Å². The number of methoxy groups -OCH3 is 1. The van der Waals surface area contributed by atoms with Crippen LogP contribution in [0.4, 0.5) is 4.39 Å². The van der Waals surface area contributed by atoms with Gasteiger partial charge in [0.2, 0.25) is 0 Å².